The van der Waals surface area contributed by atoms with E-state index in [2.05, 4.69) is 6.92 Å². The molecule has 0 saturated carbocycles. The SMILES string of the molecule is CC[C@@H]1C[C@H](O)C[C@H](C)O1. The normalized spacial score (nSPS) is 41.7. The van der Waals surface area contributed by atoms with Crippen molar-refractivity contribution in [3.05, 3.63) is 0 Å². The summed E-state index contributed by atoms with van der Waals surface area (Å²) in [7, 11) is 0. The molecule has 0 amide bonds. The molecule has 0 bridgehead atoms. The summed E-state index contributed by atoms with van der Waals surface area (Å²) in [6.07, 6.45) is 3.04. The van der Waals surface area contributed by atoms with Crippen LogP contribution in [0.25, 0.3) is 0 Å². The van der Waals surface area contributed by atoms with E-state index in [9.17, 15) is 5.11 Å². The fourth-order valence-corrected chi connectivity index (χ4v) is 1.49. The van der Waals surface area contributed by atoms with Crippen molar-refractivity contribution in [2.45, 2.75) is 51.4 Å². The zero-order valence-corrected chi connectivity index (χ0v) is 6.71. The molecular formula is C8H16O2. The van der Waals surface area contributed by atoms with E-state index in [4.69, 9.17) is 4.74 Å². The van der Waals surface area contributed by atoms with Crippen LogP contribution in [0, 0.1) is 0 Å². The Morgan fingerprint density at radius 3 is 2.70 bits per heavy atom. The summed E-state index contributed by atoms with van der Waals surface area (Å²) in [5.41, 5.74) is 0. The zero-order chi connectivity index (χ0) is 7.56. The number of hydrogen-bond donors (Lipinski definition) is 1. The maximum atomic E-state index is 9.30. The van der Waals surface area contributed by atoms with Crippen molar-refractivity contribution in [3.8, 4) is 0 Å². The highest BCUT2D eigenvalue weighted by Crippen LogP contribution is 2.20. The fourth-order valence-electron chi connectivity index (χ4n) is 1.49. The first kappa shape index (κ1) is 8.02. The third-order valence-electron chi connectivity index (χ3n) is 2.02. The van der Waals surface area contributed by atoms with Crippen molar-refractivity contribution in [2.75, 3.05) is 0 Å². The molecule has 0 aromatic rings. The molecule has 1 heterocycles. The van der Waals surface area contributed by atoms with Gasteiger partial charge in [0.25, 0.3) is 0 Å². The maximum absolute atomic E-state index is 9.30. The van der Waals surface area contributed by atoms with Crippen LogP contribution in [0.5, 0.6) is 0 Å². The molecule has 0 aromatic heterocycles. The van der Waals surface area contributed by atoms with Crippen LogP contribution in [0.2, 0.25) is 0 Å². The lowest BCUT2D eigenvalue weighted by Crippen LogP contribution is -2.33. The lowest BCUT2D eigenvalue weighted by Gasteiger charge is -2.30. The lowest BCUT2D eigenvalue weighted by molar-refractivity contribution is -0.0881. The Morgan fingerprint density at radius 1 is 1.50 bits per heavy atom. The number of rotatable bonds is 1. The average molecular weight is 144 g/mol. The Balaban J connectivity index is 2.35. The number of aliphatic hydroxyl groups is 1. The standard InChI is InChI=1S/C8H16O2/c1-3-8-5-7(9)4-6(2)10-8/h6-9H,3-5H2,1-2H3/t6-,7+,8+/m0/s1. The molecule has 3 atom stereocenters. The smallest absolute Gasteiger partial charge is 0.0600 e. The lowest BCUT2D eigenvalue weighted by atomic mass is 10.0. The minimum atomic E-state index is -0.131. The van der Waals surface area contributed by atoms with E-state index in [1.807, 2.05) is 6.92 Å². The Bertz CT molecular complexity index is 93.4. The Labute approximate surface area is 62.2 Å². The van der Waals surface area contributed by atoms with Crippen LogP contribution in [-0.2, 0) is 4.74 Å². The third-order valence-corrected chi connectivity index (χ3v) is 2.02. The molecule has 0 spiro atoms. The largest absolute Gasteiger partial charge is 0.393 e. The second-order valence-corrected chi connectivity index (χ2v) is 3.10. The van der Waals surface area contributed by atoms with Gasteiger partial charge in [-0.1, -0.05) is 6.92 Å². The summed E-state index contributed by atoms with van der Waals surface area (Å²) < 4.78 is 5.55. The van der Waals surface area contributed by atoms with Gasteiger partial charge in [0.1, 0.15) is 0 Å². The zero-order valence-electron chi connectivity index (χ0n) is 6.71. The van der Waals surface area contributed by atoms with E-state index in [0.717, 1.165) is 19.3 Å². The molecule has 0 unspecified atom stereocenters. The van der Waals surface area contributed by atoms with Gasteiger partial charge in [0.2, 0.25) is 0 Å². The van der Waals surface area contributed by atoms with E-state index < -0.39 is 0 Å². The molecule has 1 rings (SSSR count). The Morgan fingerprint density at radius 2 is 2.20 bits per heavy atom. The van der Waals surface area contributed by atoms with Crippen LogP contribution in [0.1, 0.15) is 33.1 Å². The van der Waals surface area contributed by atoms with E-state index in [1.54, 1.807) is 0 Å². The number of ether oxygens (including phenoxy) is 1. The summed E-state index contributed by atoms with van der Waals surface area (Å²) in [5, 5.41) is 9.30. The topological polar surface area (TPSA) is 29.5 Å². The average Bonchev–Trinajstić information content (AvgIpc) is 1.85. The van der Waals surface area contributed by atoms with Crippen LogP contribution in [0.4, 0.5) is 0 Å². The molecule has 0 aromatic carbocycles. The monoisotopic (exact) mass is 144 g/mol. The molecular weight excluding hydrogens is 128 g/mol. The quantitative estimate of drug-likeness (QED) is 0.601. The van der Waals surface area contributed by atoms with Gasteiger partial charge >= 0.3 is 0 Å². The highest BCUT2D eigenvalue weighted by Gasteiger charge is 2.23. The van der Waals surface area contributed by atoms with Gasteiger partial charge in [0.05, 0.1) is 18.3 Å². The van der Waals surface area contributed by atoms with Gasteiger partial charge in [0.15, 0.2) is 0 Å². The first-order chi connectivity index (χ1) is 4.72. The molecule has 2 nitrogen and oxygen atoms in total. The van der Waals surface area contributed by atoms with Crippen molar-refractivity contribution >= 4 is 0 Å². The summed E-state index contributed by atoms with van der Waals surface area (Å²) in [6, 6.07) is 0. The summed E-state index contributed by atoms with van der Waals surface area (Å²) in [5.74, 6) is 0. The van der Waals surface area contributed by atoms with Crippen molar-refractivity contribution < 1.29 is 9.84 Å². The summed E-state index contributed by atoms with van der Waals surface area (Å²) >= 11 is 0. The number of aliphatic hydroxyl groups excluding tert-OH is 1. The maximum Gasteiger partial charge on any atom is 0.0600 e. The molecule has 1 fully saturated rings. The first-order valence-electron chi connectivity index (χ1n) is 4.06. The fraction of sp³-hybridized carbons (Fsp3) is 1.00. The van der Waals surface area contributed by atoms with Crippen LogP contribution in [0.3, 0.4) is 0 Å². The summed E-state index contributed by atoms with van der Waals surface area (Å²) in [6.45, 7) is 4.11. The predicted octanol–water partition coefficient (Wildman–Crippen LogP) is 1.32. The Kier molecular flexibility index (Phi) is 2.69. The third kappa shape index (κ3) is 1.96. The van der Waals surface area contributed by atoms with E-state index in [-0.39, 0.29) is 12.2 Å². The van der Waals surface area contributed by atoms with E-state index in [1.165, 1.54) is 0 Å². The molecule has 1 saturated heterocycles. The molecule has 2 heteroatoms. The second-order valence-electron chi connectivity index (χ2n) is 3.10. The van der Waals surface area contributed by atoms with Crippen LogP contribution >= 0.6 is 0 Å². The van der Waals surface area contributed by atoms with Gasteiger partial charge in [0, 0.05) is 0 Å². The molecule has 10 heavy (non-hydrogen) atoms. The molecule has 1 aliphatic heterocycles. The van der Waals surface area contributed by atoms with Crippen LogP contribution < -0.4 is 0 Å². The van der Waals surface area contributed by atoms with Gasteiger partial charge in [-0.3, -0.25) is 0 Å². The summed E-state index contributed by atoms with van der Waals surface area (Å²) in [4.78, 5) is 0. The molecule has 0 radical (unpaired) electrons. The number of hydrogen-bond acceptors (Lipinski definition) is 2. The van der Waals surface area contributed by atoms with Crippen molar-refractivity contribution in [2.24, 2.45) is 0 Å². The van der Waals surface area contributed by atoms with Crippen molar-refractivity contribution in [1.82, 2.24) is 0 Å². The minimum absolute atomic E-state index is 0.131. The predicted molar refractivity (Wildman–Crippen MR) is 39.9 cm³/mol. The van der Waals surface area contributed by atoms with Crippen molar-refractivity contribution in [1.29, 1.82) is 0 Å². The van der Waals surface area contributed by atoms with Crippen LogP contribution in [0.15, 0.2) is 0 Å². The van der Waals surface area contributed by atoms with Crippen LogP contribution in [-0.4, -0.2) is 23.4 Å². The second kappa shape index (κ2) is 3.35. The van der Waals surface area contributed by atoms with Gasteiger partial charge in [-0.15, -0.1) is 0 Å². The van der Waals surface area contributed by atoms with E-state index >= 15 is 0 Å². The van der Waals surface area contributed by atoms with E-state index in [0.29, 0.717) is 6.10 Å². The van der Waals surface area contributed by atoms with Gasteiger partial charge in [-0.25, -0.2) is 0 Å². The molecule has 1 N–H and O–H groups in total. The molecule has 1 aliphatic rings. The molecule has 60 valence electrons. The van der Waals surface area contributed by atoms with Gasteiger partial charge in [-0.2, -0.15) is 0 Å². The van der Waals surface area contributed by atoms with Gasteiger partial charge in [-0.05, 0) is 26.2 Å². The highest BCUT2D eigenvalue weighted by molar-refractivity contribution is 4.73. The minimum Gasteiger partial charge on any atom is -0.393 e. The molecule has 0 aliphatic carbocycles. The Hall–Kier alpha value is -0.0800. The highest BCUT2D eigenvalue weighted by atomic mass is 16.5. The van der Waals surface area contributed by atoms with Gasteiger partial charge < -0.3 is 9.84 Å². The first-order valence-corrected chi connectivity index (χ1v) is 4.06. The van der Waals surface area contributed by atoms with Crippen molar-refractivity contribution in [3.63, 3.8) is 0 Å².